The SMILES string of the molecule is CN(C)C=Nc1sc2c(F)ccc(-c3ncc4c(N5CCC[C@@](C)(O)C5)nc(OCC56CCCN5CCC6)nc4c3F)c2c1C#N. The number of β-amino-alcohol motifs (C(OH)–C–C–N with tert-alkyl or cyclic N) is 1. The number of aliphatic imine (C=N–C) groups is 1. The Morgan fingerprint density at radius 1 is 1.15 bits per heavy atom. The largest absolute Gasteiger partial charge is 0.461 e. The van der Waals surface area contributed by atoms with E-state index in [2.05, 4.69) is 25.9 Å². The molecule has 46 heavy (non-hydrogen) atoms. The number of nitrogens with zero attached hydrogens (tertiary/aromatic N) is 8. The van der Waals surface area contributed by atoms with E-state index in [1.807, 2.05) is 4.90 Å². The standard InChI is InChI=1S/C33H36F2N8O2S/c1-32(44)9-4-12-42(17-32)29-22-16-37-26(20-7-8-23(34)28-24(20)21(15-36)30(46-28)38-19-41(2)3)25(35)27(22)39-31(40-29)45-18-33-10-5-13-43(33)14-6-11-33/h7-8,16,19,44H,4-6,9-14,17-18H2,1-3H3/t32-/m1/s1. The number of fused-ring (bicyclic) bond motifs is 3. The molecule has 0 radical (unpaired) electrons. The molecular formula is C33H36F2N8O2S. The first-order valence-electron chi connectivity index (χ1n) is 15.7. The van der Waals surface area contributed by atoms with E-state index in [9.17, 15) is 10.4 Å². The van der Waals surface area contributed by atoms with Crippen molar-refractivity contribution in [3.63, 3.8) is 0 Å². The topological polar surface area (TPSA) is 114 Å². The van der Waals surface area contributed by atoms with Crippen LogP contribution in [0.15, 0.2) is 23.3 Å². The highest BCUT2D eigenvalue weighted by Gasteiger charge is 2.45. The number of halogens is 2. The van der Waals surface area contributed by atoms with Gasteiger partial charge >= 0.3 is 6.01 Å². The maximum Gasteiger partial charge on any atom is 0.319 e. The molecule has 3 saturated heterocycles. The Hall–Kier alpha value is -3.99. The minimum absolute atomic E-state index is 0.0134. The first-order chi connectivity index (χ1) is 22.1. The Morgan fingerprint density at radius 2 is 1.91 bits per heavy atom. The molecule has 0 bridgehead atoms. The zero-order chi connectivity index (χ0) is 32.2. The van der Waals surface area contributed by atoms with Crippen molar-refractivity contribution >= 4 is 49.5 Å². The summed E-state index contributed by atoms with van der Waals surface area (Å²) in [6.07, 6.45) is 8.73. The molecule has 3 aromatic heterocycles. The third-order valence-electron chi connectivity index (χ3n) is 9.44. The Morgan fingerprint density at radius 3 is 2.63 bits per heavy atom. The van der Waals surface area contributed by atoms with Gasteiger partial charge in [0.1, 0.15) is 40.5 Å². The maximum atomic E-state index is 16.8. The van der Waals surface area contributed by atoms with E-state index in [1.54, 1.807) is 25.9 Å². The minimum atomic E-state index is -0.936. The molecule has 6 heterocycles. The fourth-order valence-electron chi connectivity index (χ4n) is 7.30. The average Bonchev–Trinajstić information content (AvgIpc) is 3.72. The summed E-state index contributed by atoms with van der Waals surface area (Å²) in [4.78, 5) is 24.4. The lowest BCUT2D eigenvalue weighted by molar-refractivity contribution is 0.0447. The zero-order valence-electron chi connectivity index (χ0n) is 26.2. The van der Waals surface area contributed by atoms with Crippen LogP contribution in [-0.4, -0.2) is 94.2 Å². The van der Waals surface area contributed by atoms with Crippen LogP contribution in [0.5, 0.6) is 6.01 Å². The molecule has 4 aromatic rings. The summed E-state index contributed by atoms with van der Waals surface area (Å²) in [5.41, 5.74) is -0.631. The molecule has 10 nitrogen and oxygen atoms in total. The fourth-order valence-corrected chi connectivity index (χ4v) is 8.32. The van der Waals surface area contributed by atoms with Gasteiger partial charge in [-0.3, -0.25) is 9.88 Å². The summed E-state index contributed by atoms with van der Waals surface area (Å²) >= 11 is 1.03. The van der Waals surface area contributed by atoms with Gasteiger partial charge in [0, 0.05) is 44.3 Å². The smallest absolute Gasteiger partial charge is 0.319 e. The van der Waals surface area contributed by atoms with Gasteiger partial charge in [0.25, 0.3) is 0 Å². The molecule has 1 N–H and O–H groups in total. The van der Waals surface area contributed by atoms with E-state index in [4.69, 9.17) is 9.72 Å². The van der Waals surface area contributed by atoms with Crippen molar-refractivity contribution in [1.82, 2.24) is 24.8 Å². The Labute approximate surface area is 270 Å². The van der Waals surface area contributed by atoms with Crippen molar-refractivity contribution in [3.8, 4) is 23.3 Å². The Kier molecular flexibility index (Phi) is 7.77. The van der Waals surface area contributed by atoms with Crippen molar-refractivity contribution in [3.05, 3.63) is 35.5 Å². The summed E-state index contributed by atoms with van der Waals surface area (Å²) in [6, 6.07) is 4.91. The van der Waals surface area contributed by atoms with Crippen molar-refractivity contribution < 1.29 is 18.6 Å². The highest BCUT2D eigenvalue weighted by molar-refractivity contribution is 7.23. The quantitative estimate of drug-likeness (QED) is 0.201. The normalized spacial score (nSPS) is 21.4. The van der Waals surface area contributed by atoms with Crippen molar-refractivity contribution in [1.29, 1.82) is 5.26 Å². The average molecular weight is 647 g/mol. The maximum absolute atomic E-state index is 16.8. The van der Waals surface area contributed by atoms with Crippen LogP contribution in [-0.2, 0) is 0 Å². The van der Waals surface area contributed by atoms with E-state index in [0.29, 0.717) is 42.3 Å². The van der Waals surface area contributed by atoms with Crippen molar-refractivity contribution in [2.75, 3.05) is 51.8 Å². The van der Waals surface area contributed by atoms with E-state index in [0.717, 1.165) is 56.5 Å². The van der Waals surface area contributed by atoms with Gasteiger partial charge in [-0.15, -0.1) is 11.3 Å². The monoisotopic (exact) mass is 646 g/mol. The number of ether oxygens (including phenoxy) is 1. The molecule has 3 aliphatic rings. The number of aliphatic hydroxyl groups is 1. The predicted octanol–water partition coefficient (Wildman–Crippen LogP) is 5.64. The van der Waals surface area contributed by atoms with Crippen LogP contribution in [0, 0.1) is 23.0 Å². The number of rotatable bonds is 7. The van der Waals surface area contributed by atoms with Crippen LogP contribution < -0.4 is 9.64 Å². The second kappa shape index (κ2) is 11.7. The highest BCUT2D eigenvalue weighted by atomic mass is 32.1. The lowest BCUT2D eigenvalue weighted by atomic mass is 9.95. The Balaban J connectivity index is 1.37. The predicted molar refractivity (Wildman–Crippen MR) is 175 cm³/mol. The number of hydrogen-bond acceptors (Lipinski definition) is 10. The number of nitriles is 1. The second-order valence-corrected chi connectivity index (χ2v) is 14.1. The van der Waals surface area contributed by atoms with Crippen LogP contribution in [0.2, 0.25) is 0 Å². The Bertz CT molecular complexity index is 1890. The summed E-state index contributed by atoms with van der Waals surface area (Å²) in [6.45, 7) is 5.22. The molecule has 1 atom stereocenters. The third kappa shape index (κ3) is 5.32. The number of pyridine rings is 1. The second-order valence-electron chi connectivity index (χ2n) is 13.1. The molecule has 3 aliphatic heterocycles. The highest BCUT2D eigenvalue weighted by Crippen LogP contribution is 2.45. The van der Waals surface area contributed by atoms with Gasteiger partial charge in [0.2, 0.25) is 0 Å². The van der Waals surface area contributed by atoms with Crippen molar-refractivity contribution in [2.45, 2.75) is 56.6 Å². The fraction of sp³-hybridized carbons (Fsp3) is 0.485. The molecule has 0 saturated carbocycles. The summed E-state index contributed by atoms with van der Waals surface area (Å²) in [7, 11) is 3.58. The van der Waals surface area contributed by atoms with Gasteiger partial charge in [-0.05, 0) is 70.7 Å². The third-order valence-corrected chi connectivity index (χ3v) is 10.6. The van der Waals surface area contributed by atoms with Gasteiger partial charge in [0.15, 0.2) is 5.82 Å². The summed E-state index contributed by atoms with van der Waals surface area (Å²) in [5, 5.41) is 22.0. The molecule has 0 unspecified atom stereocenters. The molecule has 0 amide bonds. The van der Waals surface area contributed by atoms with Crippen LogP contribution in [0.25, 0.3) is 32.2 Å². The van der Waals surface area contributed by atoms with Gasteiger partial charge < -0.3 is 19.6 Å². The number of thiophene rings is 1. The summed E-state index contributed by atoms with van der Waals surface area (Å²) in [5.74, 6) is -0.807. The minimum Gasteiger partial charge on any atom is -0.461 e. The number of anilines is 1. The first-order valence-corrected chi connectivity index (χ1v) is 16.5. The van der Waals surface area contributed by atoms with Crippen LogP contribution in [0.3, 0.4) is 0 Å². The molecule has 1 aromatic carbocycles. The zero-order valence-corrected chi connectivity index (χ0v) is 27.0. The number of piperidine rings is 1. The van der Waals surface area contributed by atoms with Crippen LogP contribution >= 0.6 is 11.3 Å². The molecule has 3 fully saturated rings. The lowest BCUT2D eigenvalue weighted by Crippen LogP contribution is -2.46. The van der Waals surface area contributed by atoms with E-state index in [1.165, 1.54) is 24.7 Å². The molecule has 240 valence electrons. The van der Waals surface area contributed by atoms with E-state index in [-0.39, 0.29) is 44.0 Å². The molecule has 0 spiro atoms. The van der Waals surface area contributed by atoms with Gasteiger partial charge in [0.05, 0.1) is 33.1 Å². The first kappa shape index (κ1) is 30.7. The number of hydrogen-bond donors (Lipinski definition) is 1. The molecule has 13 heteroatoms. The van der Waals surface area contributed by atoms with E-state index < -0.39 is 17.2 Å². The van der Waals surface area contributed by atoms with Crippen LogP contribution in [0.4, 0.5) is 19.6 Å². The van der Waals surface area contributed by atoms with Crippen molar-refractivity contribution in [2.24, 2.45) is 4.99 Å². The van der Waals surface area contributed by atoms with Gasteiger partial charge in [-0.2, -0.15) is 15.2 Å². The number of benzene rings is 1. The van der Waals surface area contributed by atoms with E-state index >= 15 is 8.78 Å². The lowest BCUT2D eigenvalue weighted by Gasteiger charge is -2.38. The van der Waals surface area contributed by atoms with Gasteiger partial charge in [-0.1, -0.05) is 0 Å². The molecular weight excluding hydrogens is 610 g/mol. The van der Waals surface area contributed by atoms with Gasteiger partial charge in [-0.25, -0.2) is 13.8 Å². The molecule has 7 rings (SSSR count). The molecule has 0 aliphatic carbocycles. The van der Waals surface area contributed by atoms with Crippen LogP contribution in [0.1, 0.15) is 51.0 Å². The number of aromatic nitrogens is 3. The summed E-state index contributed by atoms with van der Waals surface area (Å²) < 4.78 is 38.4.